The Morgan fingerprint density at radius 2 is 1.08 bits per heavy atom. The van der Waals surface area contributed by atoms with E-state index >= 15 is 0 Å². The van der Waals surface area contributed by atoms with Gasteiger partial charge in [-0.25, -0.2) is 4.79 Å². The maximum atomic E-state index is 11.4. The number of carbonyl (C=O) groups is 1. The minimum absolute atomic E-state index is 0.0587. The molecule has 26 heavy (non-hydrogen) atoms. The zero-order chi connectivity index (χ0) is 19.5. The first-order chi connectivity index (χ1) is 12.5. The van der Waals surface area contributed by atoms with Crippen LogP contribution in [0.5, 0.6) is 0 Å². The van der Waals surface area contributed by atoms with Gasteiger partial charge in [-0.3, -0.25) is 0 Å². The molecule has 0 aliphatic carbocycles. The van der Waals surface area contributed by atoms with Crippen molar-refractivity contribution in [2.75, 3.05) is 66.1 Å². The minimum atomic E-state index is -0.486. The summed E-state index contributed by atoms with van der Waals surface area (Å²) in [4.78, 5) is 11.4. The van der Waals surface area contributed by atoms with E-state index in [1.807, 2.05) is 20.8 Å². The predicted octanol–water partition coefficient (Wildman–Crippen LogP) is 2.60. The molecule has 156 valence electrons. The van der Waals surface area contributed by atoms with Crippen LogP contribution in [0, 0.1) is 0 Å². The van der Waals surface area contributed by atoms with Crippen LogP contribution in [0.25, 0.3) is 0 Å². The molecule has 0 saturated carbocycles. The highest BCUT2D eigenvalue weighted by Crippen LogP contribution is 2.06. The molecule has 0 rings (SSSR count). The van der Waals surface area contributed by atoms with E-state index in [9.17, 15) is 4.79 Å². The normalized spacial score (nSPS) is 11.7. The Bertz CT molecular complexity index is 315. The Balaban J connectivity index is 3.12. The number of hydrogen-bond acceptors (Lipinski definition) is 7. The summed E-state index contributed by atoms with van der Waals surface area (Å²) in [6, 6.07) is 0. The standard InChI is InChI=1S/C19H38O7/c1-5-6-7-8-21-9-10-22-11-12-23-13-14-24-15-16-25-17-18(20)26-19(2,3)4/h5-17H2,1-4H3. The molecule has 0 N–H and O–H groups in total. The third kappa shape index (κ3) is 21.3. The number of hydrogen-bond donors (Lipinski definition) is 0. The molecule has 7 nitrogen and oxygen atoms in total. The van der Waals surface area contributed by atoms with Crippen LogP contribution in [-0.4, -0.2) is 77.6 Å². The van der Waals surface area contributed by atoms with Gasteiger partial charge in [0.15, 0.2) is 0 Å². The van der Waals surface area contributed by atoms with Crippen molar-refractivity contribution in [3.8, 4) is 0 Å². The quantitative estimate of drug-likeness (QED) is 0.268. The molecule has 0 bridgehead atoms. The van der Waals surface area contributed by atoms with E-state index in [2.05, 4.69) is 6.92 Å². The van der Waals surface area contributed by atoms with Crippen molar-refractivity contribution in [2.45, 2.75) is 52.6 Å². The van der Waals surface area contributed by atoms with Crippen LogP contribution >= 0.6 is 0 Å². The molecular weight excluding hydrogens is 340 g/mol. The third-order valence-corrected chi connectivity index (χ3v) is 3.02. The first-order valence-electron chi connectivity index (χ1n) is 9.56. The van der Waals surface area contributed by atoms with Crippen LogP contribution in [0.15, 0.2) is 0 Å². The van der Waals surface area contributed by atoms with Crippen LogP contribution in [0.3, 0.4) is 0 Å². The van der Waals surface area contributed by atoms with Crippen molar-refractivity contribution in [3.63, 3.8) is 0 Å². The molecule has 0 aliphatic heterocycles. The minimum Gasteiger partial charge on any atom is -0.458 e. The van der Waals surface area contributed by atoms with E-state index in [4.69, 9.17) is 28.4 Å². The predicted molar refractivity (Wildman–Crippen MR) is 99.5 cm³/mol. The molecule has 0 fully saturated rings. The van der Waals surface area contributed by atoms with Gasteiger partial charge in [0.05, 0.1) is 52.9 Å². The Labute approximate surface area is 158 Å². The van der Waals surface area contributed by atoms with Crippen molar-refractivity contribution in [1.29, 1.82) is 0 Å². The molecule has 0 aromatic heterocycles. The van der Waals surface area contributed by atoms with Crippen molar-refractivity contribution < 1.29 is 33.2 Å². The van der Waals surface area contributed by atoms with Crippen molar-refractivity contribution >= 4 is 5.97 Å². The van der Waals surface area contributed by atoms with Gasteiger partial charge >= 0.3 is 5.97 Å². The number of esters is 1. The fourth-order valence-electron chi connectivity index (χ4n) is 1.86. The van der Waals surface area contributed by atoms with Gasteiger partial charge in [0.1, 0.15) is 12.2 Å². The van der Waals surface area contributed by atoms with E-state index in [0.717, 1.165) is 13.0 Å². The van der Waals surface area contributed by atoms with Crippen LogP contribution in [0.2, 0.25) is 0 Å². The Morgan fingerprint density at radius 1 is 0.654 bits per heavy atom. The molecule has 0 heterocycles. The fraction of sp³-hybridized carbons (Fsp3) is 0.947. The summed E-state index contributed by atoms with van der Waals surface area (Å²) in [5.41, 5.74) is -0.486. The monoisotopic (exact) mass is 378 g/mol. The van der Waals surface area contributed by atoms with Crippen molar-refractivity contribution in [2.24, 2.45) is 0 Å². The maximum Gasteiger partial charge on any atom is 0.332 e. The molecule has 0 spiro atoms. The Morgan fingerprint density at radius 3 is 1.50 bits per heavy atom. The molecule has 0 aromatic carbocycles. The van der Waals surface area contributed by atoms with Gasteiger partial charge in [-0.2, -0.15) is 0 Å². The first kappa shape index (κ1) is 25.3. The molecule has 7 heteroatoms. The number of unbranched alkanes of at least 4 members (excludes halogenated alkanes) is 2. The van der Waals surface area contributed by atoms with Crippen molar-refractivity contribution in [1.82, 2.24) is 0 Å². The van der Waals surface area contributed by atoms with Gasteiger partial charge in [0.25, 0.3) is 0 Å². The SMILES string of the molecule is CCCCCOCCOCCOCCOCCOCC(=O)OC(C)(C)C. The van der Waals surface area contributed by atoms with Crippen LogP contribution < -0.4 is 0 Å². The van der Waals surface area contributed by atoms with Gasteiger partial charge < -0.3 is 28.4 Å². The lowest BCUT2D eigenvalue weighted by molar-refractivity contribution is -0.160. The summed E-state index contributed by atoms with van der Waals surface area (Å²) in [5, 5.41) is 0. The molecule has 0 radical (unpaired) electrons. The number of rotatable bonds is 18. The second-order valence-corrected chi connectivity index (χ2v) is 6.80. The number of ether oxygens (including phenoxy) is 6. The second-order valence-electron chi connectivity index (χ2n) is 6.80. The van der Waals surface area contributed by atoms with E-state index in [0.29, 0.717) is 52.9 Å². The smallest absolute Gasteiger partial charge is 0.332 e. The molecule has 0 aromatic rings. The third-order valence-electron chi connectivity index (χ3n) is 3.02. The summed E-state index contributed by atoms with van der Waals surface area (Å²) in [5.74, 6) is -0.368. The summed E-state index contributed by atoms with van der Waals surface area (Å²) in [6.07, 6.45) is 3.54. The average Bonchev–Trinajstić information content (AvgIpc) is 2.56. The van der Waals surface area contributed by atoms with Crippen LogP contribution in [-0.2, 0) is 33.2 Å². The topological polar surface area (TPSA) is 72.5 Å². The average molecular weight is 379 g/mol. The number of carbonyl (C=O) groups excluding carboxylic acids is 1. The lowest BCUT2D eigenvalue weighted by atomic mass is 10.2. The first-order valence-corrected chi connectivity index (χ1v) is 9.56. The van der Waals surface area contributed by atoms with Crippen LogP contribution in [0.1, 0.15) is 47.0 Å². The van der Waals surface area contributed by atoms with Crippen LogP contribution in [0.4, 0.5) is 0 Å². The van der Waals surface area contributed by atoms with Gasteiger partial charge in [0, 0.05) is 6.61 Å². The molecular formula is C19H38O7. The summed E-state index contributed by atoms with van der Waals surface area (Å²) >= 11 is 0. The zero-order valence-electron chi connectivity index (χ0n) is 17.1. The highest BCUT2D eigenvalue weighted by molar-refractivity contribution is 5.71. The van der Waals surface area contributed by atoms with Gasteiger partial charge in [0.2, 0.25) is 0 Å². The molecule has 0 atom stereocenters. The lowest BCUT2D eigenvalue weighted by Gasteiger charge is -2.19. The fourth-order valence-corrected chi connectivity index (χ4v) is 1.86. The lowest BCUT2D eigenvalue weighted by Crippen LogP contribution is -2.27. The Hall–Kier alpha value is -0.730. The summed E-state index contributed by atoms with van der Waals surface area (Å²) < 4.78 is 31.9. The van der Waals surface area contributed by atoms with Gasteiger partial charge in [-0.1, -0.05) is 19.8 Å². The highest BCUT2D eigenvalue weighted by Gasteiger charge is 2.15. The summed E-state index contributed by atoms with van der Waals surface area (Å²) in [7, 11) is 0. The maximum absolute atomic E-state index is 11.4. The van der Waals surface area contributed by atoms with Gasteiger partial charge in [-0.05, 0) is 27.2 Å². The van der Waals surface area contributed by atoms with E-state index in [1.165, 1.54) is 12.8 Å². The van der Waals surface area contributed by atoms with E-state index in [1.54, 1.807) is 0 Å². The van der Waals surface area contributed by atoms with E-state index < -0.39 is 5.60 Å². The van der Waals surface area contributed by atoms with E-state index in [-0.39, 0.29) is 12.6 Å². The second kappa shape index (κ2) is 17.7. The Kier molecular flexibility index (Phi) is 17.2. The molecule has 0 amide bonds. The van der Waals surface area contributed by atoms with Crippen molar-refractivity contribution in [3.05, 3.63) is 0 Å². The molecule has 0 saturated heterocycles. The molecule has 0 unspecified atom stereocenters. The highest BCUT2D eigenvalue weighted by atomic mass is 16.6. The van der Waals surface area contributed by atoms with Gasteiger partial charge in [-0.15, -0.1) is 0 Å². The largest absolute Gasteiger partial charge is 0.458 e. The zero-order valence-corrected chi connectivity index (χ0v) is 17.1. The summed E-state index contributed by atoms with van der Waals surface area (Å²) in [6.45, 7) is 12.5. The molecule has 0 aliphatic rings.